The molecule has 0 unspecified atom stereocenters. The number of nitrogens with one attached hydrogen (secondary N) is 1. The van der Waals surface area contributed by atoms with Crippen molar-refractivity contribution in [2.45, 2.75) is 57.5 Å². The fourth-order valence-electron chi connectivity index (χ4n) is 3.10. The Kier molecular flexibility index (Phi) is 4.57. The number of hydrogen-bond acceptors (Lipinski definition) is 4. The molecular formula is C16H20N2O2S. The SMILES string of the molecule is N#Cc1c(NC(=O)[C@@H]2CCCO2)sc2c1CCCCCC2. The number of carbonyl (C=O) groups is 1. The van der Waals surface area contributed by atoms with E-state index in [1.807, 2.05) is 0 Å². The summed E-state index contributed by atoms with van der Waals surface area (Å²) in [4.78, 5) is 13.5. The van der Waals surface area contributed by atoms with Crippen LogP contribution in [0.4, 0.5) is 5.00 Å². The number of carbonyl (C=O) groups excluding carboxylic acids is 1. The highest BCUT2D eigenvalue weighted by Crippen LogP contribution is 2.36. The van der Waals surface area contributed by atoms with Gasteiger partial charge < -0.3 is 10.1 Å². The van der Waals surface area contributed by atoms with Crippen LogP contribution in [0.15, 0.2) is 0 Å². The van der Waals surface area contributed by atoms with Gasteiger partial charge in [-0.1, -0.05) is 12.8 Å². The molecule has 2 aliphatic rings. The van der Waals surface area contributed by atoms with Crippen molar-refractivity contribution >= 4 is 22.2 Å². The fraction of sp³-hybridized carbons (Fsp3) is 0.625. The molecule has 1 aromatic heterocycles. The highest BCUT2D eigenvalue weighted by atomic mass is 32.1. The maximum atomic E-state index is 12.2. The minimum Gasteiger partial charge on any atom is -0.368 e. The van der Waals surface area contributed by atoms with Crippen molar-refractivity contribution in [1.29, 1.82) is 5.26 Å². The molecule has 0 saturated carbocycles. The van der Waals surface area contributed by atoms with Crippen molar-refractivity contribution in [2.75, 3.05) is 11.9 Å². The van der Waals surface area contributed by atoms with Crippen molar-refractivity contribution in [2.24, 2.45) is 0 Å². The fourth-order valence-corrected chi connectivity index (χ4v) is 4.35. The van der Waals surface area contributed by atoms with Gasteiger partial charge in [-0.3, -0.25) is 4.79 Å². The van der Waals surface area contributed by atoms with Gasteiger partial charge in [0, 0.05) is 11.5 Å². The predicted octanol–water partition coefficient (Wildman–Crippen LogP) is 3.40. The molecule has 21 heavy (non-hydrogen) atoms. The smallest absolute Gasteiger partial charge is 0.254 e. The number of fused-ring (bicyclic) bond motifs is 1. The molecule has 1 fully saturated rings. The minimum absolute atomic E-state index is 0.0989. The lowest BCUT2D eigenvalue weighted by molar-refractivity contribution is -0.124. The molecule has 0 aromatic carbocycles. The standard InChI is InChI=1S/C16H20N2O2S/c17-10-12-11-6-3-1-2-4-8-14(11)21-16(12)18-15(19)13-7-5-9-20-13/h13H,1-9H2,(H,18,19)/t13-/m0/s1. The summed E-state index contributed by atoms with van der Waals surface area (Å²) < 4.78 is 5.41. The zero-order valence-electron chi connectivity index (χ0n) is 12.1. The molecule has 3 rings (SSSR count). The third-order valence-corrected chi connectivity index (χ3v) is 5.45. The maximum absolute atomic E-state index is 12.2. The Balaban J connectivity index is 1.82. The van der Waals surface area contributed by atoms with E-state index in [0.717, 1.165) is 37.1 Å². The van der Waals surface area contributed by atoms with Crippen LogP contribution in [0.2, 0.25) is 0 Å². The lowest BCUT2D eigenvalue weighted by Crippen LogP contribution is -2.26. The number of thiophene rings is 1. The van der Waals surface area contributed by atoms with Crippen molar-refractivity contribution in [3.05, 3.63) is 16.0 Å². The average Bonchev–Trinajstić information content (AvgIpc) is 3.07. The van der Waals surface area contributed by atoms with Gasteiger partial charge in [0.1, 0.15) is 17.2 Å². The van der Waals surface area contributed by atoms with Gasteiger partial charge in [-0.25, -0.2) is 0 Å². The summed E-state index contributed by atoms with van der Waals surface area (Å²) in [6.07, 6.45) is 8.17. The Morgan fingerprint density at radius 3 is 2.76 bits per heavy atom. The molecule has 5 heteroatoms. The number of anilines is 1. The zero-order chi connectivity index (χ0) is 14.7. The zero-order valence-corrected chi connectivity index (χ0v) is 12.9. The van der Waals surface area contributed by atoms with Crippen LogP contribution in [0.25, 0.3) is 0 Å². The normalized spacial score (nSPS) is 22.0. The third kappa shape index (κ3) is 3.12. The topological polar surface area (TPSA) is 62.1 Å². The second-order valence-electron chi connectivity index (χ2n) is 5.72. The highest BCUT2D eigenvalue weighted by Gasteiger charge is 2.26. The molecule has 1 amide bonds. The van der Waals surface area contributed by atoms with E-state index >= 15 is 0 Å². The second-order valence-corrected chi connectivity index (χ2v) is 6.83. The Hall–Kier alpha value is -1.38. The largest absolute Gasteiger partial charge is 0.368 e. The lowest BCUT2D eigenvalue weighted by Gasteiger charge is -2.09. The van der Waals surface area contributed by atoms with E-state index in [1.165, 1.54) is 29.7 Å². The molecule has 112 valence electrons. The summed E-state index contributed by atoms with van der Waals surface area (Å²) in [5.41, 5.74) is 1.85. The van der Waals surface area contributed by atoms with E-state index < -0.39 is 0 Å². The molecule has 0 bridgehead atoms. The molecule has 4 nitrogen and oxygen atoms in total. The van der Waals surface area contributed by atoms with E-state index in [2.05, 4.69) is 11.4 Å². The Morgan fingerprint density at radius 2 is 2.05 bits per heavy atom. The molecule has 2 heterocycles. The van der Waals surface area contributed by atoms with E-state index in [4.69, 9.17) is 4.74 Å². The van der Waals surface area contributed by atoms with Gasteiger partial charge in [0.2, 0.25) is 0 Å². The van der Waals surface area contributed by atoms with Crippen LogP contribution in [-0.4, -0.2) is 18.6 Å². The van der Waals surface area contributed by atoms with Crippen LogP contribution in [0, 0.1) is 11.3 Å². The van der Waals surface area contributed by atoms with E-state index in [0.29, 0.717) is 12.2 Å². The first-order chi connectivity index (χ1) is 10.3. The first kappa shape index (κ1) is 14.6. The minimum atomic E-state index is -0.346. The number of hydrogen-bond donors (Lipinski definition) is 1. The van der Waals surface area contributed by atoms with E-state index in [1.54, 1.807) is 11.3 Å². The number of amides is 1. The molecule has 1 aliphatic heterocycles. The summed E-state index contributed by atoms with van der Waals surface area (Å²) in [6.45, 7) is 0.657. The van der Waals surface area contributed by atoms with Crippen molar-refractivity contribution in [1.82, 2.24) is 0 Å². The van der Waals surface area contributed by atoms with Gasteiger partial charge in [0.25, 0.3) is 5.91 Å². The van der Waals surface area contributed by atoms with Crippen LogP contribution < -0.4 is 5.32 Å². The van der Waals surface area contributed by atoms with Gasteiger partial charge in [0.15, 0.2) is 0 Å². The van der Waals surface area contributed by atoms with Gasteiger partial charge in [-0.05, 0) is 44.1 Å². The molecule has 0 spiro atoms. The summed E-state index contributed by atoms with van der Waals surface area (Å²) in [5, 5.41) is 13.1. The summed E-state index contributed by atoms with van der Waals surface area (Å²) in [7, 11) is 0. The number of rotatable bonds is 2. The predicted molar refractivity (Wildman–Crippen MR) is 82.5 cm³/mol. The first-order valence-electron chi connectivity index (χ1n) is 7.76. The summed E-state index contributed by atoms with van der Waals surface area (Å²) >= 11 is 1.59. The Bertz CT molecular complexity index is 568. The average molecular weight is 304 g/mol. The number of aryl methyl sites for hydroxylation is 1. The quantitative estimate of drug-likeness (QED) is 0.911. The number of nitriles is 1. The van der Waals surface area contributed by atoms with Gasteiger partial charge >= 0.3 is 0 Å². The van der Waals surface area contributed by atoms with E-state index in [9.17, 15) is 10.1 Å². The van der Waals surface area contributed by atoms with Crippen LogP contribution in [0.5, 0.6) is 0 Å². The molecule has 1 aromatic rings. The molecular weight excluding hydrogens is 284 g/mol. The number of nitrogens with zero attached hydrogens (tertiary/aromatic N) is 1. The van der Waals surface area contributed by atoms with Crippen LogP contribution in [-0.2, 0) is 22.4 Å². The van der Waals surface area contributed by atoms with Crippen molar-refractivity contribution < 1.29 is 9.53 Å². The lowest BCUT2D eigenvalue weighted by atomic mass is 9.97. The van der Waals surface area contributed by atoms with Crippen LogP contribution in [0.3, 0.4) is 0 Å². The molecule has 0 radical (unpaired) electrons. The molecule has 1 atom stereocenters. The monoisotopic (exact) mass is 304 g/mol. The first-order valence-corrected chi connectivity index (χ1v) is 8.58. The molecule has 1 aliphatic carbocycles. The van der Waals surface area contributed by atoms with Gasteiger partial charge in [-0.2, -0.15) is 5.26 Å². The maximum Gasteiger partial charge on any atom is 0.254 e. The Morgan fingerprint density at radius 1 is 1.24 bits per heavy atom. The van der Waals surface area contributed by atoms with Gasteiger partial charge in [0.05, 0.1) is 5.56 Å². The Labute approximate surface area is 129 Å². The summed E-state index contributed by atoms with van der Waals surface area (Å²) in [6, 6.07) is 2.30. The van der Waals surface area contributed by atoms with Crippen molar-refractivity contribution in [3.8, 4) is 6.07 Å². The van der Waals surface area contributed by atoms with Crippen molar-refractivity contribution in [3.63, 3.8) is 0 Å². The van der Waals surface area contributed by atoms with Gasteiger partial charge in [-0.15, -0.1) is 11.3 Å². The molecule has 1 N–H and O–H groups in total. The number of ether oxygens (including phenoxy) is 1. The second kappa shape index (κ2) is 6.59. The molecule has 1 saturated heterocycles. The summed E-state index contributed by atoms with van der Waals surface area (Å²) in [5.74, 6) is -0.0989. The van der Waals surface area contributed by atoms with Crippen LogP contribution >= 0.6 is 11.3 Å². The van der Waals surface area contributed by atoms with Crippen LogP contribution in [0.1, 0.15) is 54.5 Å². The highest BCUT2D eigenvalue weighted by molar-refractivity contribution is 7.16. The third-order valence-electron chi connectivity index (χ3n) is 4.24. The van der Waals surface area contributed by atoms with E-state index in [-0.39, 0.29) is 12.0 Å².